The molecule has 0 spiro atoms. The van der Waals surface area contributed by atoms with Gasteiger partial charge in [-0.25, -0.2) is 0 Å². The number of pyridine rings is 1. The van der Waals surface area contributed by atoms with Crippen molar-refractivity contribution >= 4 is 11.7 Å². The number of rotatable bonds is 10. The fourth-order valence-electron chi connectivity index (χ4n) is 2.68. The SMILES string of the molecule is CCCC(Oc1c(C(=O)Cc2ccncc2)ccc(OC)c1OC)C(N)=O. The fourth-order valence-corrected chi connectivity index (χ4v) is 2.68. The second-order valence-electron chi connectivity index (χ2n) is 5.93. The lowest BCUT2D eigenvalue weighted by Crippen LogP contribution is -2.34. The number of amides is 1. The number of carbonyl (C=O) groups is 2. The number of hydrogen-bond acceptors (Lipinski definition) is 6. The molecule has 1 unspecified atom stereocenters. The number of benzene rings is 1. The molecule has 0 fully saturated rings. The smallest absolute Gasteiger partial charge is 0.258 e. The molecule has 2 aromatic rings. The van der Waals surface area contributed by atoms with Gasteiger partial charge in [-0.1, -0.05) is 13.3 Å². The molecule has 2 rings (SSSR count). The minimum Gasteiger partial charge on any atom is -0.493 e. The quantitative estimate of drug-likeness (QED) is 0.643. The van der Waals surface area contributed by atoms with E-state index < -0.39 is 12.0 Å². The average molecular weight is 372 g/mol. The highest BCUT2D eigenvalue weighted by atomic mass is 16.5. The molecule has 144 valence electrons. The molecule has 7 heteroatoms. The standard InChI is InChI=1S/C20H24N2O5/c1-4-5-17(20(21)24)27-18-14(6-7-16(25-2)19(18)26-3)15(23)12-13-8-10-22-11-9-13/h6-11,17H,4-5,12H2,1-3H3,(H2,21,24). The molecule has 1 amide bonds. The highest BCUT2D eigenvalue weighted by Crippen LogP contribution is 2.41. The zero-order chi connectivity index (χ0) is 19.8. The Bertz CT molecular complexity index is 792. The number of primary amides is 1. The van der Waals surface area contributed by atoms with Crippen LogP contribution in [0.4, 0.5) is 0 Å². The zero-order valence-corrected chi connectivity index (χ0v) is 15.7. The number of methoxy groups -OCH3 is 2. The van der Waals surface area contributed by atoms with Crippen molar-refractivity contribution in [1.82, 2.24) is 4.98 Å². The second-order valence-corrected chi connectivity index (χ2v) is 5.93. The normalized spacial score (nSPS) is 11.5. The van der Waals surface area contributed by atoms with Gasteiger partial charge in [0.05, 0.1) is 19.8 Å². The number of aromatic nitrogens is 1. The van der Waals surface area contributed by atoms with E-state index in [9.17, 15) is 9.59 Å². The lowest BCUT2D eigenvalue weighted by molar-refractivity contribution is -0.125. The van der Waals surface area contributed by atoms with Crippen molar-refractivity contribution in [1.29, 1.82) is 0 Å². The molecule has 0 aliphatic carbocycles. The molecule has 2 N–H and O–H groups in total. The highest BCUT2D eigenvalue weighted by Gasteiger charge is 2.26. The molecular weight excluding hydrogens is 348 g/mol. The van der Waals surface area contributed by atoms with Crippen LogP contribution in [-0.2, 0) is 11.2 Å². The maximum atomic E-state index is 12.9. The topological polar surface area (TPSA) is 101 Å². The summed E-state index contributed by atoms with van der Waals surface area (Å²) in [5.74, 6) is 0.0207. The van der Waals surface area contributed by atoms with Crippen molar-refractivity contribution in [3.63, 3.8) is 0 Å². The van der Waals surface area contributed by atoms with Crippen molar-refractivity contribution in [2.24, 2.45) is 5.73 Å². The molecule has 0 aliphatic rings. The second kappa shape index (κ2) is 9.56. The maximum Gasteiger partial charge on any atom is 0.258 e. The molecule has 1 aromatic heterocycles. The summed E-state index contributed by atoms with van der Waals surface area (Å²) in [6.45, 7) is 1.91. The van der Waals surface area contributed by atoms with Gasteiger partial charge in [0.1, 0.15) is 0 Å². The van der Waals surface area contributed by atoms with E-state index >= 15 is 0 Å². The first kappa shape index (κ1) is 20.2. The van der Waals surface area contributed by atoms with Crippen LogP contribution in [0.25, 0.3) is 0 Å². The van der Waals surface area contributed by atoms with E-state index in [4.69, 9.17) is 19.9 Å². The Morgan fingerprint density at radius 3 is 2.33 bits per heavy atom. The van der Waals surface area contributed by atoms with Gasteiger partial charge in [-0.2, -0.15) is 0 Å². The summed E-state index contributed by atoms with van der Waals surface area (Å²) in [6.07, 6.45) is 3.65. The lowest BCUT2D eigenvalue weighted by Gasteiger charge is -2.21. The lowest BCUT2D eigenvalue weighted by atomic mass is 10.0. The van der Waals surface area contributed by atoms with Crippen LogP contribution < -0.4 is 19.9 Å². The molecular formula is C20H24N2O5. The van der Waals surface area contributed by atoms with Crippen LogP contribution in [0.5, 0.6) is 17.2 Å². The van der Waals surface area contributed by atoms with E-state index in [1.807, 2.05) is 6.92 Å². The van der Waals surface area contributed by atoms with E-state index in [-0.39, 0.29) is 23.7 Å². The van der Waals surface area contributed by atoms with Crippen LogP contribution in [0.2, 0.25) is 0 Å². The molecule has 7 nitrogen and oxygen atoms in total. The third-order valence-electron chi connectivity index (χ3n) is 4.04. The number of nitrogens with zero attached hydrogens (tertiary/aromatic N) is 1. The Morgan fingerprint density at radius 2 is 1.78 bits per heavy atom. The Balaban J connectivity index is 2.46. The summed E-state index contributed by atoms with van der Waals surface area (Å²) in [7, 11) is 2.93. The summed E-state index contributed by atoms with van der Waals surface area (Å²) in [5.41, 5.74) is 6.57. The Morgan fingerprint density at radius 1 is 1.07 bits per heavy atom. The van der Waals surface area contributed by atoms with E-state index in [0.29, 0.717) is 24.2 Å². The van der Waals surface area contributed by atoms with E-state index in [2.05, 4.69) is 4.98 Å². The molecule has 1 atom stereocenters. The minimum atomic E-state index is -0.872. The Kier molecular flexibility index (Phi) is 7.16. The van der Waals surface area contributed by atoms with Gasteiger partial charge in [-0.15, -0.1) is 0 Å². The van der Waals surface area contributed by atoms with E-state index in [1.165, 1.54) is 14.2 Å². The average Bonchev–Trinajstić information content (AvgIpc) is 2.67. The van der Waals surface area contributed by atoms with Gasteiger partial charge in [0.15, 0.2) is 23.4 Å². The number of carbonyl (C=O) groups excluding carboxylic acids is 2. The number of ketones is 1. The highest BCUT2D eigenvalue weighted by molar-refractivity contribution is 6.01. The number of nitrogens with two attached hydrogens (primary N) is 1. The summed E-state index contributed by atoms with van der Waals surface area (Å²) >= 11 is 0. The van der Waals surface area contributed by atoms with Gasteiger partial charge in [0, 0.05) is 18.8 Å². The first-order valence-corrected chi connectivity index (χ1v) is 8.64. The summed E-state index contributed by atoms with van der Waals surface area (Å²) in [4.78, 5) is 28.6. The van der Waals surface area contributed by atoms with Gasteiger partial charge >= 0.3 is 0 Å². The molecule has 0 radical (unpaired) electrons. The third-order valence-corrected chi connectivity index (χ3v) is 4.04. The largest absolute Gasteiger partial charge is 0.493 e. The fraction of sp³-hybridized carbons (Fsp3) is 0.350. The van der Waals surface area contributed by atoms with Gasteiger partial charge in [-0.3, -0.25) is 14.6 Å². The first-order chi connectivity index (χ1) is 13.0. The van der Waals surface area contributed by atoms with Crippen LogP contribution in [0.15, 0.2) is 36.7 Å². The third kappa shape index (κ3) is 4.97. The zero-order valence-electron chi connectivity index (χ0n) is 15.7. The molecule has 1 heterocycles. The van der Waals surface area contributed by atoms with E-state index in [1.54, 1.807) is 36.7 Å². The van der Waals surface area contributed by atoms with Crippen molar-refractivity contribution in [2.45, 2.75) is 32.3 Å². The predicted octanol–water partition coefficient (Wildman–Crippen LogP) is 2.56. The van der Waals surface area contributed by atoms with Gasteiger partial charge in [0.25, 0.3) is 5.91 Å². The van der Waals surface area contributed by atoms with Crippen molar-refractivity contribution < 1.29 is 23.8 Å². The molecule has 1 aromatic carbocycles. The first-order valence-electron chi connectivity index (χ1n) is 8.64. The molecule has 0 bridgehead atoms. The van der Waals surface area contributed by atoms with Gasteiger partial charge in [0.2, 0.25) is 5.75 Å². The molecule has 27 heavy (non-hydrogen) atoms. The van der Waals surface area contributed by atoms with Crippen LogP contribution >= 0.6 is 0 Å². The number of Topliss-reactive ketones (excluding diaryl/α,β-unsaturated/α-hetero) is 1. The minimum absolute atomic E-state index is 0.156. The monoisotopic (exact) mass is 372 g/mol. The van der Waals surface area contributed by atoms with Gasteiger partial charge < -0.3 is 19.9 Å². The van der Waals surface area contributed by atoms with Crippen LogP contribution in [-0.4, -0.2) is 37.0 Å². The van der Waals surface area contributed by atoms with Crippen molar-refractivity contribution in [2.75, 3.05) is 14.2 Å². The summed E-state index contributed by atoms with van der Waals surface area (Å²) in [6, 6.07) is 6.76. The molecule has 0 aliphatic heterocycles. The molecule has 0 saturated heterocycles. The van der Waals surface area contributed by atoms with Gasteiger partial charge in [-0.05, 0) is 36.2 Å². The Hall–Kier alpha value is -3.09. The van der Waals surface area contributed by atoms with E-state index in [0.717, 1.165) is 5.56 Å². The Labute approximate surface area is 158 Å². The van der Waals surface area contributed by atoms with Crippen LogP contribution in [0, 0.1) is 0 Å². The van der Waals surface area contributed by atoms with Crippen molar-refractivity contribution in [3.8, 4) is 17.2 Å². The predicted molar refractivity (Wildman–Crippen MR) is 100 cm³/mol. The number of ether oxygens (including phenoxy) is 3. The maximum absolute atomic E-state index is 12.9. The van der Waals surface area contributed by atoms with Crippen molar-refractivity contribution in [3.05, 3.63) is 47.8 Å². The number of hydrogen-bond donors (Lipinski definition) is 1. The molecule has 0 saturated carbocycles. The summed E-state index contributed by atoms with van der Waals surface area (Å²) < 4.78 is 16.6. The van der Waals surface area contributed by atoms with Crippen LogP contribution in [0.1, 0.15) is 35.7 Å². The van der Waals surface area contributed by atoms with Crippen LogP contribution in [0.3, 0.4) is 0 Å². The summed E-state index contributed by atoms with van der Waals surface area (Å²) in [5, 5.41) is 0.